The van der Waals surface area contributed by atoms with Crippen LogP contribution in [0.15, 0.2) is 36.4 Å². The van der Waals surface area contributed by atoms with Gasteiger partial charge in [-0.2, -0.15) is 0 Å². The average Bonchev–Trinajstić information content (AvgIpc) is 3.51. The predicted molar refractivity (Wildman–Crippen MR) is 138 cm³/mol. The molecule has 1 amide bonds. The zero-order chi connectivity index (χ0) is 25.1. The molecule has 1 aliphatic carbocycles. The number of nitrogens with one attached hydrogen (secondary N) is 3. The number of anilines is 1. The number of hydrogen-bond acceptors (Lipinski definition) is 6. The highest BCUT2D eigenvalue weighted by Crippen LogP contribution is 2.34. The molecule has 1 aliphatic heterocycles. The minimum Gasteiger partial charge on any atom is -0.507 e. The van der Waals surface area contributed by atoms with Gasteiger partial charge in [0.25, 0.3) is 5.91 Å². The van der Waals surface area contributed by atoms with Crippen LogP contribution in [0.2, 0.25) is 0 Å². The van der Waals surface area contributed by atoms with E-state index in [4.69, 9.17) is 15.6 Å². The topological polar surface area (TPSA) is 113 Å². The van der Waals surface area contributed by atoms with Crippen molar-refractivity contribution in [2.24, 2.45) is 0 Å². The summed E-state index contributed by atoms with van der Waals surface area (Å²) in [7, 11) is 1.54. The van der Waals surface area contributed by atoms with Crippen LogP contribution in [0.4, 0.5) is 5.69 Å². The Labute approximate surface area is 206 Å². The lowest BCUT2D eigenvalue weighted by Crippen LogP contribution is -2.46. The van der Waals surface area contributed by atoms with E-state index in [1.54, 1.807) is 13.2 Å². The third-order valence-electron chi connectivity index (χ3n) is 6.60. The molecular formula is C27H35N5O3. The lowest BCUT2D eigenvalue weighted by molar-refractivity contribution is -0.115. The van der Waals surface area contributed by atoms with Crippen LogP contribution in [-0.4, -0.2) is 53.8 Å². The molecule has 2 fully saturated rings. The summed E-state index contributed by atoms with van der Waals surface area (Å²) < 4.78 is 5.42. The van der Waals surface area contributed by atoms with Crippen LogP contribution >= 0.6 is 0 Å². The maximum Gasteiger partial charge on any atom is 0.287 e. The number of benzene rings is 2. The summed E-state index contributed by atoms with van der Waals surface area (Å²) in [5.41, 5.74) is 2.74. The van der Waals surface area contributed by atoms with Crippen molar-refractivity contribution >= 4 is 23.3 Å². The second-order valence-corrected chi connectivity index (χ2v) is 9.70. The molecule has 0 unspecified atom stereocenters. The molecule has 0 atom stereocenters. The smallest absolute Gasteiger partial charge is 0.287 e. The van der Waals surface area contributed by atoms with Gasteiger partial charge in [-0.1, -0.05) is 26.0 Å². The van der Waals surface area contributed by atoms with Gasteiger partial charge in [0.1, 0.15) is 17.3 Å². The van der Waals surface area contributed by atoms with E-state index in [1.165, 1.54) is 23.8 Å². The minimum atomic E-state index is -0.532. The van der Waals surface area contributed by atoms with Gasteiger partial charge >= 0.3 is 0 Å². The van der Waals surface area contributed by atoms with Crippen molar-refractivity contribution in [3.05, 3.63) is 53.1 Å². The second-order valence-electron chi connectivity index (χ2n) is 9.70. The molecule has 186 valence electrons. The van der Waals surface area contributed by atoms with E-state index in [2.05, 4.69) is 10.2 Å². The zero-order valence-electron chi connectivity index (χ0n) is 20.7. The molecular weight excluding hydrogens is 442 g/mol. The van der Waals surface area contributed by atoms with Crippen molar-refractivity contribution in [1.82, 2.24) is 10.2 Å². The van der Waals surface area contributed by atoms with Crippen LogP contribution in [-0.2, 0) is 11.3 Å². The zero-order valence-corrected chi connectivity index (χ0v) is 20.7. The fourth-order valence-corrected chi connectivity index (χ4v) is 4.43. The van der Waals surface area contributed by atoms with E-state index in [0.29, 0.717) is 11.4 Å². The van der Waals surface area contributed by atoms with E-state index in [0.717, 1.165) is 43.6 Å². The van der Waals surface area contributed by atoms with Crippen LogP contribution in [0, 0.1) is 10.8 Å². The number of carbonyl (C=O) groups excluding carboxylic acids is 1. The highest BCUT2D eigenvalue weighted by Gasteiger charge is 2.31. The number of rotatable bonds is 7. The van der Waals surface area contributed by atoms with Crippen molar-refractivity contribution in [1.29, 1.82) is 10.8 Å². The molecule has 0 bridgehead atoms. The molecule has 2 aliphatic rings. The fraction of sp³-hybridized carbons (Fsp3) is 0.444. The number of phenols is 1. The van der Waals surface area contributed by atoms with Gasteiger partial charge in [-0.05, 0) is 74.0 Å². The van der Waals surface area contributed by atoms with E-state index in [1.807, 2.05) is 38.1 Å². The first-order valence-electron chi connectivity index (χ1n) is 12.3. The first kappa shape index (κ1) is 24.7. The number of phenolic OH excluding ortho intramolecular Hbond substituents is 1. The summed E-state index contributed by atoms with van der Waals surface area (Å²) in [4.78, 5) is 16.5. The second kappa shape index (κ2) is 10.5. The normalized spacial score (nSPS) is 15.8. The summed E-state index contributed by atoms with van der Waals surface area (Å²) in [6.07, 6.45) is 4.25. The Morgan fingerprint density at radius 3 is 2.40 bits per heavy atom. The fourth-order valence-electron chi connectivity index (χ4n) is 4.43. The third kappa shape index (κ3) is 5.65. The number of amidine groups is 2. The summed E-state index contributed by atoms with van der Waals surface area (Å²) in [6, 6.07) is 10.9. The minimum absolute atomic E-state index is 0.0867. The van der Waals surface area contributed by atoms with E-state index in [-0.39, 0.29) is 34.9 Å². The molecule has 1 heterocycles. The molecule has 8 heteroatoms. The number of aromatic hydroxyl groups is 1. The molecule has 8 nitrogen and oxygen atoms in total. The van der Waals surface area contributed by atoms with E-state index >= 15 is 0 Å². The number of ether oxygens (including phenoxy) is 1. The van der Waals surface area contributed by atoms with Gasteiger partial charge in [0.15, 0.2) is 5.84 Å². The van der Waals surface area contributed by atoms with Crippen LogP contribution in [0.3, 0.4) is 0 Å². The van der Waals surface area contributed by atoms with E-state index < -0.39 is 5.91 Å². The Kier molecular flexibility index (Phi) is 7.40. The van der Waals surface area contributed by atoms with Crippen LogP contribution in [0.25, 0.3) is 0 Å². The first-order valence-corrected chi connectivity index (χ1v) is 12.3. The maximum atomic E-state index is 12.8. The monoisotopic (exact) mass is 477 g/mol. The molecule has 4 N–H and O–H groups in total. The standard InChI is InChI=1S/C27H35N5O3/c1-17(2)21-14-22(23(33)15-24(21)35-3)25(28)32(26(29)27(34)30-19-8-9-19)20-10-6-18(7-11-20)16-31-12-4-5-13-31/h6-7,10-11,14-15,17,19,28-29,33H,4-5,8-9,12-13,16H2,1-3H3,(H,30,34). The van der Waals surface area contributed by atoms with Crippen molar-refractivity contribution in [2.45, 2.75) is 58.0 Å². The Morgan fingerprint density at radius 2 is 1.83 bits per heavy atom. The Hall–Kier alpha value is -3.39. The largest absolute Gasteiger partial charge is 0.507 e. The number of likely N-dealkylation sites (tertiary alicyclic amines) is 1. The molecule has 0 spiro atoms. The number of amides is 1. The van der Waals surface area contributed by atoms with Crippen molar-refractivity contribution in [2.75, 3.05) is 25.1 Å². The van der Waals surface area contributed by atoms with Gasteiger partial charge in [0.2, 0.25) is 0 Å². The van der Waals surface area contributed by atoms with Crippen LogP contribution in [0.5, 0.6) is 11.5 Å². The summed E-state index contributed by atoms with van der Waals surface area (Å²) in [6.45, 7) is 7.06. The van der Waals surface area contributed by atoms with Crippen LogP contribution in [0.1, 0.15) is 62.1 Å². The third-order valence-corrected chi connectivity index (χ3v) is 6.60. The molecule has 1 saturated carbocycles. The molecule has 2 aromatic carbocycles. The van der Waals surface area contributed by atoms with Crippen molar-refractivity contribution in [3.63, 3.8) is 0 Å². The molecule has 1 saturated heterocycles. The summed E-state index contributed by atoms with van der Waals surface area (Å²) in [5.74, 6) is -0.537. The van der Waals surface area contributed by atoms with E-state index in [9.17, 15) is 9.90 Å². The molecule has 0 radical (unpaired) electrons. The Morgan fingerprint density at radius 1 is 1.17 bits per heavy atom. The van der Waals surface area contributed by atoms with Gasteiger partial charge in [-0.3, -0.25) is 25.4 Å². The number of methoxy groups -OCH3 is 1. The number of nitrogens with zero attached hydrogens (tertiary/aromatic N) is 2. The predicted octanol–water partition coefficient (Wildman–Crippen LogP) is 4.21. The van der Waals surface area contributed by atoms with Gasteiger partial charge < -0.3 is 15.2 Å². The molecule has 0 aromatic heterocycles. The number of hydrogen-bond donors (Lipinski definition) is 4. The summed E-state index contributed by atoms with van der Waals surface area (Å²) in [5, 5.41) is 31.2. The lowest BCUT2D eigenvalue weighted by atomic mass is 9.98. The quantitative estimate of drug-likeness (QED) is 0.353. The Balaban J connectivity index is 1.67. The van der Waals surface area contributed by atoms with Gasteiger partial charge in [0.05, 0.1) is 12.7 Å². The average molecular weight is 478 g/mol. The molecule has 35 heavy (non-hydrogen) atoms. The van der Waals surface area contributed by atoms with Crippen molar-refractivity contribution in [3.8, 4) is 11.5 Å². The van der Waals surface area contributed by atoms with Gasteiger partial charge in [0, 0.05) is 24.3 Å². The lowest BCUT2D eigenvalue weighted by Gasteiger charge is -2.27. The summed E-state index contributed by atoms with van der Waals surface area (Å²) >= 11 is 0. The molecule has 2 aromatic rings. The van der Waals surface area contributed by atoms with Crippen LogP contribution < -0.4 is 15.0 Å². The highest BCUT2D eigenvalue weighted by atomic mass is 16.5. The highest BCUT2D eigenvalue weighted by molar-refractivity contribution is 6.48. The SMILES string of the molecule is COc1cc(O)c(C(=N)N(C(=N)C(=O)NC2CC2)c2ccc(CN3CCCC3)cc2)cc1C(C)C. The maximum absolute atomic E-state index is 12.8. The van der Waals surface area contributed by atoms with Crippen molar-refractivity contribution < 1.29 is 14.6 Å². The molecule has 4 rings (SSSR count). The number of carbonyl (C=O) groups is 1. The first-order chi connectivity index (χ1) is 16.8. The Bertz CT molecular complexity index is 1100. The van der Waals surface area contributed by atoms with Gasteiger partial charge in [-0.25, -0.2) is 0 Å². The van der Waals surface area contributed by atoms with Gasteiger partial charge in [-0.15, -0.1) is 0 Å².